The van der Waals surface area contributed by atoms with Crippen molar-refractivity contribution in [3.8, 4) is 11.1 Å². The number of fused-ring (bicyclic) bond motifs is 3. The average molecular weight is 545 g/mol. The third-order valence-corrected chi connectivity index (χ3v) is 6.79. The summed E-state index contributed by atoms with van der Waals surface area (Å²) < 4.78 is 11.4. The monoisotopic (exact) mass is 544 g/mol. The predicted octanol–water partition coefficient (Wildman–Crippen LogP) is 4.91. The minimum absolute atomic E-state index is 0.0957. The molecular weight excluding hydrogens is 508 g/mol. The summed E-state index contributed by atoms with van der Waals surface area (Å²) in [7, 11) is 0. The minimum atomic E-state index is -1.16. The molecule has 2 atom stereocenters. The molecule has 8 nitrogen and oxygen atoms in total. The molecule has 2 amide bonds. The van der Waals surface area contributed by atoms with Gasteiger partial charge in [0, 0.05) is 25.4 Å². The number of nitrogens with one attached hydrogen (secondary N) is 2. The summed E-state index contributed by atoms with van der Waals surface area (Å²) in [5.41, 5.74) is 4.71. The van der Waals surface area contributed by atoms with Crippen LogP contribution in [0.1, 0.15) is 49.8 Å². The number of amides is 2. The van der Waals surface area contributed by atoms with Gasteiger partial charge in [-0.15, -0.1) is 0 Å². The van der Waals surface area contributed by atoms with E-state index in [1.165, 1.54) is 0 Å². The molecule has 0 heterocycles. The molecule has 1 aliphatic carbocycles. The van der Waals surface area contributed by atoms with E-state index in [0.29, 0.717) is 0 Å². The molecule has 0 radical (unpaired) electrons. The first-order valence-electron chi connectivity index (χ1n) is 13.4. The van der Waals surface area contributed by atoms with Crippen molar-refractivity contribution < 1.29 is 29.0 Å². The van der Waals surface area contributed by atoms with Crippen molar-refractivity contribution in [2.75, 3.05) is 13.2 Å². The second kappa shape index (κ2) is 12.8. The Morgan fingerprint density at radius 1 is 0.825 bits per heavy atom. The number of rotatable bonds is 11. The molecule has 0 bridgehead atoms. The van der Waals surface area contributed by atoms with E-state index in [1.54, 1.807) is 24.3 Å². The summed E-state index contributed by atoms with van der Waals surface area (Å²) in [5, 5.41) is 15.0. The number of carbonyl (C=O) groups is 3. The van der Waals surface area contributed by atoms with Crippen LogP contribution in [-0.2, 0) is 25.5 Å². The van der Waals surface area contributed by atoms with Gasteiger partial charge in [0.25, 0.3) is 0 Å². The van der Waals surface area contributed by atoms with Crippen molar-refractivity contribution in [2.24, 2.45) is 0 Å². The molecule has 4 rings (SSSR count). The number of carbonyl (C=O) groups excluding carboxylic acids is 2. The van der Waals surface area contributed by atoms with Crippen LogP contribution in [0.25, 0.3) is 11.1 Å². The molecule has 1 aliphatic rings. The van der Waals surface area contributed by atoms with E-state index in [0.717, 1.165) is 27.8 Å². The van der Waals surface area contributed by atoms with E-state index >= 15 is 0 Å². The Labute approximate surface area is 234 Å². The highest BCUT2D eigenvalue weighted by Crippen LogP contribution is 2.44. The molecule has 40 heavy (non-hydrogen) atoms. The van der Waals surface area contributed by atoms with Crippen LogP contribution in [0.15, 0.2) is 78.9 Å². The SMILES string of the molecule is CC(C)(C)OCC[C@H](NC(=O)OCC1c2ccccc2-c2ccccc21)C(=O)N[C@@H](Cc1ccccc1)C(=O)O. The van der Waals surface area contributed by atoms with Crippen molar-refractivity contribution in [3.05, 3.63) is 95.6 Å². The van der Waals surface area contributed by atoms with Crippen molar-refractivity contribution in [1.29, 1.82) is 0 Å². The van der Waals surface area contributed by atoms with Crippen molar-refractivity contribution in [2.45, 2.75) is 57.2 Å². The van der Waals surface area contributed by atoms with E-state index in [-0.39, 0.29) is 32.0 Å². The Morgan fingerprint density at radius 2 is 1.40 bits per heavy atom. The second-order valence-corrected chi connectivity index (χ2v) is 10.9. The highest BCUT2D eigenvalue weighted by molar-refractivity contribution is 5.89. The quantitative estimate of drug-likeness (QED) is 0.316. The third kappa shape index (κ3) is 7.48. The fraction of sp³-hybridized carbons (Fsp3) is 0.344. The molecule has 0 fully saturated rings. The van der Waals surface area contributed by atoms with Crippen LogP contribution in [0, 0.1) is 0 Å². The zero-order valence-corrected chi connectivity index (χ0v) is 23.1. The molecule has 0 aliphatic heterocycles. The topological polar surface area (TPSA) is 114 Å². The molecule has 0 spiro atoms. The van der Waals surface area contributed by atoms with Crippen LogP contribution >= 0.6 is 0 Å². The first kappa shape index (κ1) is 28.8. The van der Waals surface area contributed by atoms with Crippen LogP contribution < -0.4 is 10.6 Å². The fourth-order valence-corrected chi connectivity index (χ4v) is 4.86. The minimum Gasteiger partial charge on any atom is -0.480 e. The molecule has 0 saturated carbocycles. The van der Waals surface area contributed by atoms with E-state index in [4.69, 9.17) is 9.47 Å². The standard InChI is InChI=1S/C32H36N2O6/c1-32(2,3)40-18-17-27(29(35)33-28(30(36)37)19-21-11-5-4-6-12-21)34-31(38)39-20-26-24-15-9-7-13-22(24)23-14-8-10-16-25(23)26/h4-16,26-28H,17-20H2,1-3H3,(H,33,35)(H,34,38)(H,36,37)/t27-,28-/m0/s1. The van der Waals surface area contributed by atoms with Gasteiger partial charge in [0.05, 0.1) is 5.60 Å². The zero-order valence-electron chi connectivity index (χ0n) is 23.1. The third-order valence-electron chi connectivity index (χ3n) is 6.79. The van der Waals surface area contributed by atoms with Gasteiger partial charge >= 0.3 is 12.1 Å². The predicted molar refractivity (Wildman–Crippen MR) is 152 cm³/mol. The maximum atomic E-state index is 13.2. The highest BCUT2D eigenvalue weighted by Gasteiger charge is 2.31. The van der Waals surface area contributed by atoms with Gasteiger partial charge in [-0.25, -0.2) is 9.59 Å². The lowest BCUT2D eigenvalue weighted by Crippen LogP contribution is -2.52. The maximum Gasteiger partial charge on any atom is 0.407 e. The van der Waals surface area contributed by atoms with Gasteiger partial charge in [0.1, 0.15) is 18.7 Å². The van der Waals surface area contributed by atoms with Gasteiger partial charge in [-0.2, -0.15) is 0 Å². The Hall–Kier alpha value is -4.17. The largest absolute Gasteiger partial charge is 0.480 e. The van der Waals surface area contributed by atoms with Crippen LogP contribution in [0.4, 0.5) is 4.79 Å². The normalized spacial score (nSPS) is 14.0. The number of alkyl carbamates (subject to hydrolysis) is 1. The van der Waals surface area contributed by atoms with E-state index in [2.05, 4.69) is 22.8 Å². The smallest absolute Gasteiger partial charge is 0.407 e. The van der Waals surface area contributed by atoms with Gasteiger partial charge in [-0.3, -0.25) is 4.79 Å². The summed E-state index contributed by atoms with van der Waals surface area (Å²) in [6.07, 6.45) is -0.504. The lowest BCUT2D eigenvalue weighted by Gasteiger charge is -2.24. The molecule has 0 saturated heterocycles. The van der Waals surface area contributed by atoms with E-state index < -0.39 is 35.7 Å². The number of hydrogen-bond acceptors (Lipinski definition) is 5. The Balaban J connectivity index is 1.43. The van der Waals surface area contributed by atoms with Gasteiger partial charge in [-0.05, 0) is 48.6 Å². The average Bonchev–Trinajstić information content (AvgIpc) is 3.24. The first-order valence-corrected chi connectivity index (χ1v) is 13.4. The lowest BCUT2D eigenvalue weighted by molar-refractivity contribution is -0.142. The lowest BCUT2D eigenvalue weighted by atomic mass is 9.98. The Morgan fingerprint density at radius 3 is 1.98 bits per heavy atom. The van der Waals surface area contributed by atoms with E-state index in [9.17, 15) is 19.5 Å². The molecule has 8 heteroatoms. The Kier molecular flexibility index (Phi) is 9.22. The summed E-state index contributed by atoms with van der Waals surface area (Å²) in [6.45, 7) is 5.95. The zero-order chi connectivity index (χ0) is 28.7. The summed E-state index contributed by atoms with van der Waals surface area (Å²) in [4.78, 5) is 38.1. The number of carboxylic acid groups (broad SMARTS) is 1. The van der Waals surface area contributed by atoms with Crippen LogP contribution in [-0.4, -0.2) is 54.0 Å². The van der Waals surface area contributed by atoms with Crippen LogP contribution in [0.2, 0.25) is 0 Å². The molecule has 210 valence electrons. The number of aliphatic carboxylic acids is 1. The summed E-state index contributed by atoms with van der Waals surface area (Å²) in [6, 6.07) is 22.9. The molecule has 3 N–H and O–H groups in total. The van der Waals surface area contributed by atoms with E-state index in [1.807, 2.05) is 63.2 Å². The maximum absolute atomic E-state index is 13.2. The fourth-order valence-electron chi connectivity index (χ4n) is 4.86. The number of hydrogen-bond donors (Lipinski definition) is 3. The first-order chi connectivity index (χ1) is 19.1. The Bertz CT molecular complexity index is 1290. The van der Waals surface area contributed by atoms with Gasteiger partial charge in [0.2, 0.25) is 5.91 Å². The number of carboxylic acids is 1. The number of benzene rings is 3. The summed E-state index contributed by atoms with van der Waals surface area (Å²) >= 11 is 0. The molecular formula is C32H36N2O6. The summed E-state index contributed by atoms with van der Waals surface area (Å²) in [5.74, 6) is -1.91. The number of ether oxygens (including phenoxy) is 2. The highest BCUT2D eigenvalue weighted by atomic mass is 16.5. The van der Waals surface area contributed by atoms with Gasteiger partial charge < -0.3 is 25.2 Å². The van der Waals surface area contributed by atoms with Crippen LogP contribution in [0.5, 0.6) is 0 Å². The van der Waals surface area contributed by atoms with Crippen molar-refractivity contribution in [3.63, 3.8) is 0 Å². The van der Waals surface area contributed by atoms with Crippen LogP contribution in [0.3, 0.4) is 0 Å². The van der Waals surface area contributed by atoms with Crippen molar-refractivity contribution in [1.82, 2.24) is 10.6 Å². The van der Waals surface area contributed by atoms with Crippen molar-refractivity contribution >= 4 is 18.0 Å². The molecule has 0 aromatic heterocycles. The van der Waals surface area contributed by atoms with Gasteiger partial charge in [0.15, 0.2) is 0 Å². The second-order valence-electron chi connectivity index (χ2n) is 10.9. The molecule has 3 aromatic carbocycles. The molecule has 0 unspecified atom stereocenters. The molecule has 3 aromatic rings. The van der Waals surface area contributed by atoms with Gasteiger partial charge in [-0.1, -0.05) is 78.9 Å².